The van der Waals surface area contributed by atoms with E-state index < -0.39 is 0 Å². The summed E-state index contributed by atoms with van der Waals surface area (Å²) in [5.41, 5.74) is 2.55. The predicted octanol–water partition coefficient (Wildman–Crippen LogP) is 4.43. The molecule has 68 valence electrons. The van der Waals surface area contributed by atoms with E-state index in [2.05, 4.69) is 72.9 Å². The van der Waals surface area contributed by atoms with E-state index >= 15 is 0 Å². The van der Waals surface area contributed by atoms with Crippen LogP contribution in [0.25, 0.3) is 6.08 Å². The second-order valence-electron chi connectivity index (χ2n) is 3.03. The molecule has 13 heavy (non-hydrogen) atoms. The van der Waals surface area contributed by atoms with Crippen LogP contribution in [0, 0.1) is 0 Å². The molecule has 1 aromatic carbocycles. The van der Waals surface area contributed by atoms with Gasteiger partial charge in [0.25, 0.3) is 0 Å². The first-order valence-electron chi connectivity index (χ1n) is 4.25. The van der Waals surface area contributed by atoms with Crippen molar-refractivity contribution in [2.24, 2.45) is 0 Å². The standard InChI is InChI=1S/C12H13I/c1-10(8-11(2)13)9-12-6-4-3-5-7-12/h3-9H,1-2H3/b10-9+,11-8-. The third-order valence-electron chi connectivity index (χ3n) is 1.62. The molecule has 0 aliphatic rings. The highest BCUT2D eigenvalue weighted by molar-refractivity contribution is 14.1. The fourth-order valence-corrected chi connectivity index (χ4v) is 1.66. The molecule has 0 nitrogen and oxygen atoms in total. The van der Waals surface area contributed by atoms with Crippen LogP contribution in [-0.4, -0.2) is 0 Å². The maximum atomic E-state index is 2.32. The molecule has 0 fully saturated rings. The second-order valence-corrected chi connectivity index (χ2v) is 4.73. The topological polar surface area (TPSA) is 0 Å². The molecule has 1 rings (SSSR count). The normalized spacial score (nSPS) is 13.2. The van der Waals surface area contributed by atoms with Gasteiger partial charge in [-0.3, -0.25) is 0 Å². The molecule has 0 saturated heterocycles. The summed E-state index contributed by atoms with van der Waals surface area (Å²) in [6.45, 7) is 4.22. The zero-order chi connectivity index (χ0) is 9.68. The van der Waals surface area contributed by atoms with E-state index in [1.165, 1.54) is 14.7 Å². The summed E-state index contributed by atoms with van der Waals surface area (Å²) in [7, 11) is 0. The highest BCUT2D eigenvalue weighted by Crippen LogP contribution is 2.11. The lowest BCUT2D eigenvalue weighted by molar-refractivity contribution is 1.52. The van der Waals surface area contributed by atoms with Crippen molar-refractivity contribution < 1.29 is 0 Å². The monoisotopic (exact) mass is 284 g/mol. The Morgan fingerprint density at radius 1 is 1.15 bits per heavy atom. The number of halogens is 1. The van der Waals surface area contributed by atoms with Gasteiger partial charge in [0.1, 0.15) is 0 Å². The van der Waals surface area contributed by atoms with Crippen molar-refractivity contribution in [2.45, 2.75) is 13.8 Å². The van der Waals surface area contributed by atoms with Crippen molar-refractivity contribution in [2.75, 3.05) is 0 Å². The first-order valence-corrected chi connectivity index (χ1v) is 5.33. The molecule has 0 N–H and O–H groups in total. The zero-order valence-corrected chi connectivity index (χ0v) is 10.1. The molecule has 0 saturated carbocycles. The average Bonchev–Trinajstić information content (AvgIpc) is 2.04. The van der Waals surface area contributed by atoms with E-state index in [9.17, 15) is 0 Å². The van der Waals surface area contributed by atoms with E-state index in [1.54, 1.807) is 0 Å². The van der Waals surface area contributed by atoms with Crippen LogP contribution in [0.5, 0.6) is 0 Å². The fraction of sp³-hybridized carbons (Fsp3) is 0.167. The van der Waals surface area contributed by atoms with Gasteiger partial charge >= 0.3 is 0 Å². The third kappa shape index (κ3) is 4.27. The Balaban J connectivity index is 2.83. The van der Waals surface area contributed by atoms with Crippen molar-refractivity contribution in [3.8, 4) is 0 Å². The molecule has 0 aliphatic carbocycles. The Kier molecular flexibility index (Phi) is 4.22. The van der Waals surface area contributed by atoms with Gasteiger partial charge in [0.05, 0.1) is 0 Å². The molecule has 0 heterocycles. The molecule has 0 unspecified atom stereocenters. The minimum atomic E-state index is 1.26. The van der Waals surface area contributed by atoms with Crippen LogP contribution in [0.1, 0.15) is 19.4 Å². The third-order valence-corrected chi connectivity index (χ3v) is 1.93. The molecular formula is C12H13I. The molecule has 0 radical (unpaired) electrons. The lowest BCUT2D eigenvalue weighted by Gasteiger charge is -1.95. The van der Waals surface area contributed by atoms with Gasteiger partial charge in [-0.05, 0) is 51.2 Å². The van der Waals surface area contributed by atoms with Crippen LogP contribution in [0.4, 0.5) is 0 Å². The molecule has 0 atom stereocenters. The van der Waals surface area contributed by atoms with Gasteiger partial charge in [-0.25, -0.2) is 0 Å². The van der Waals surface area contributed by atoms with Gasteiger partial charge in [0.2, 0.25) is 0 Å². The van der Waals surface area contributed by atoms with E-state index in [-0.39, 0.29) is 0 Å². The van der Waals surface area contributed by atoms with Crippen LogP contribution in [0.3, 0.4) is 0 Å². The van der Waals surface area contributed by atoms with E-state index in [0.717, 1.165) is 0 Å². The van der Waals surface area contributed by atoms with E-state index in [4.69, 9.17) is 0 Å². The summed E-state index contributed by atoms with van der Waals surface area (Å²) < 4.78 is 1.31. The lowest BCUT2D eigenvalue weighted by Crippen LogP contribution is -1.73. The maximum absolute atomic E-state index is 2.32. The van der Waals surface area contributed by atoms with E-state index in [1.807, 2.05) is 6.07 Å². The number of hydrogen-bond acceptors (Lipinski definition) is 0. The van der Waals surface area contributed by atoms with Crippen molar-refractivity contribution in [1.29, 1.82) is 0 Å². The largest absolute Gasteiger partial charge is 0.0622 e. The first-order chi connectivity index (χ1) is 6.18. The lowest BCUT2D eigenvalue weighted by atomic mass is 10.1. The molecule has 0 bridgehead atoms. The Bertz CT molecular complexity index is 316. The molecule has 0 amide bonds. The van der Waals surface area contributed by atoms with Gasteiger partial charge in [-0.1, -0.05) is 42.5 Å². The SMILES string of the molecule is C/C(I)=C/C(C)=C/c1ccccc1. The molecule has 1 heteroatoms. The molecule has 0 spiro atoms. The fourth-order valence-electron chi connectivity index (χ4n) is 1.17. The smallest absolute Gasteiger partial charge is 0.0122 e. The minimum Gasteiger partial charge on any atom is -0.0622 e. The summed E-state index contributed by atoms with van der Waals surface area (Å²) in [6, 6.07) is 10.4. The number of allylic oxidation sites excluding steroid dienone is 3. The Morgan fingerprint density at radius 2 is 1.77 bits per heavy atom. The van der Waals surface area contributed by atoms with Gasteiger partial charge < -0.3 is 0 Å². The summed E-state index contributed by atoms with van der Waals surface area (Å²) in [5.74, 6) is 0. The van der Waals surface area contributed by atoms with Crippen LogP contribution in [0.2, 0.25) is 0 Å². The Hall–Kier alpha value is -0.570. The van der Waals surface area contributed by atoms with Crippen molar-refractivity contribution >= 4 is 28.7 Å². The second kappa shape index (κ2) is 5.22. The van der Waals surface area contributed by atoms with Gasteiger partial charge in [0, 0.05) is 0 Å². The summed E-state index contributed by atoms with van der Waals surface area (Å²) >= 11 is 2.32. The molecule has 0 aromatic heterocycles. The summed E-state index contributed by atoms with van der Waals surface area (Å²) in [4.78, 5) is 0. The van der Waals surface area contributed by atoms with Gasteiger partial charge in [-0.15, -0.1) is 0 Å². The quantitative estimate of drug-likeness (QED) is 0.556. The number of benzene rings is 1. The minimum absolute atomic E-state index is 1.26. The van der Waals surface area contributed by atoms with Crippen molar-refractivity contribution in [3.05, 3.63) is 51.1 Å². The Labute approximate surface area is 93.5 Å². The van der Waals surface area contributed by atoms with Crippen LogP contribution in [0.15, 0.2) is 45.6 Å². The molecule has 1 aromatic rings. The van der Waals surface area contributed by atoms with Gasteiger partial charge in [0.15, 0.2) is 0 Å². The molecular weight excluding hydrogens is 271 g/mol. The van der Waals surface area contributed by atoms with Crippen molar-refractivity contribution in [1.82, 2.24) is 0 Å². The van der Waals surface area contributed by atoms with Gasteiger partial charge in [-0.2, -0.15) is 0 Å². The van der Waals surface area contributed by atoms with Crippen LogP contribution < -0.4 is 0 Å². The average molecular weight is 284 g/mol. The summed E-state index contributed by atoms with van der Waals surface area (Å²) in [6.07, 6.45) is 4.36. The van der Waals surface area contributed by atoms with Crippen LogP contribution >= 0.6 is 22.6 Å². The summed E-state index contributed by atoms with van der Waals surface area (Å²) in [5, 5.41) is 0. The maximum Gasteiger partial charge on any atom is -0.0122 e. The number of hydrogen-bond donors (Lipinski definition) is 0. The van der Waals surface area contributed by atoms with E-state index in [0.29, 0.717) is 0 Å². The predicted molar refractivity (Wildman–Crippen MR) is 67.9 cm³/mol. The highest BCUT2D eigenvalue weighted by atomic mass is 127. The van der Waals surface area contributed by atoms with Crippen LogP contribution in [-0.2, 0) is 0 Å². The highest BCUT2D eigenvalue weighted by Gasteiger charge is 1.87. The zero-order valence-electron chi connectivity index (χ0n) is 7.92. The van der Waals surface area contributed by atoms with Crippen molar-refractivity contribution in [3.63, 3.8) is 0 Å². The Morgan fingerprint density at radius 3 is 2.31 bits per heavy atom. The number of rotatable bonds is 2. The first kappa shape index (κ1) is 10.5. The molecule has 0 aliphatic heterocycles.